The number of hydrogen-bond acceptors (Lipinski definition) is 6. The first-order chi connectivity index (χ1) is 19.1. The van der Waals surface area contributed by atoms with Gasteiger partial charge in [-0.2, -0.15) is 4.31 Å². The maximum absolute atomic E-state index is 13.7. The second-order valence-electron chi connectivity index (χ2n) is 10.4. The minimum Gasteiger partial charge on any atom is -0.353 e. The maximum Gasteiger partial charge on any atom is 0.243 e. The molecule has 2 aromatic heterocycles. The number of rotatable bonds is 5. The van der Waals surface area contributed by atoms with Crippen LogP contribution in [0.5, 0.6) is 0 Å². The second kappa shape index (κ2) is 10.0. The number of sulfonamides is 1. The van der Waals surface area contributed by atoms with Crippen LogP contribution in [0, 0.1) is 0 Å². The summed E-state index contributed by atoms with van der Waals surface area (Å²) in [5.41, 5.74) is 2.60. The van der Waals surface area contributed by atoms with Gasteiger partial charge in [0.15, 0.2) is 0 Å². The summed E-state index contributed by atoms with van der Waals surface area (Å²) in [4.78, 5) is 15.4. The molecule has 0 bridgehead atoms. The third-order valence-electron chi connectivity index (χ3n) is 7.95. The van der Waals surface area contributed by atoms with Crippen molar-refractivity contribution in [2.24, 2.45) is 0 Å². The number of piperazine rings is 1. The van der Waals surface area contributed by atoms with Crippen LogP contribution < -0.4 is 4.90 Å². The molecule has 0 atom stereocenters. The summed E-state index contributed by atoms with van der Waals surface area (Å²) in [5.74, 6) is 1.81. The number of fused-ring (bicyclic) bond motifs is 4. The molecular weight excluding hydrogens is 525 g/mol. The molecule has 0 amide bonds. The fourth-order valence-corrected chi connectivity index (χ4v) is 8.88. The second-order valence-corrected chi connectivity index (χ2v) is 13.4. The van der Waals surface area contributed by atoms with Crippen LogP contribution >= 0.6 is 11.3 Å². The summed E-state index contributed by atoms with van der Waals surface area (Å²) in [6, 6.07) is 23.6. The first kappa shape index (κ1) is 24.7. The summed E-state index contributed by atoms with van der Waals surface area (Å²) < 4.78 is 29.1. The lowest BCUT2D eigenvalue weighted by atomic mass is 9.97. The van der Waals surface area contributed by atoms with Gasteiger partial charge in [0.25, 0.3) is 0 Å². The molecule has 8 heteroatoms. The number of aromatic nitrogens is 2. The SMILES string of the molecule is O=S(=O)(c1cccc2ccccc12)N1CCN(c2nc(Cc3ccccc3)nc3sc4c(c23)CCCC4)CC1. The maximum atomic E-state index is 13.7. The van der Waals surface area contributed by atoms with Crippen LogP contribution in [0.3, 0.4) is 0 Å². The molecule has 0 radical (unpaired) electrons. The quantitative estimate of drug-likeness (QED) is 0.274. The Morgan fingerprint density at radius 2 is 1.54 bits per heavy atom. The first-order valence-corrected chi connectivity index (χ1v) is 15.9. The Bertz CT molecular complexity index is 1770. The molecule has 7 rings (SSSR count). The smallest absolute Gasteiger partial charge is 0.243 e. The zero-order valence-electron chi connectivity index (χ0n) is 21.7. The van der Waals surface area contributed by atoms with Crippen LogP contribution in [0.1, 0.15) is 34.7 Å². The molecule has 3 aromatic carbocycles. The standard InChI is InChI=1S/C31H30N4O2S2/c36-39(37,27-16-8-12-23-11-4-5-13-24(23)27)35-19-17-34(18-20-35)30-29-25-14-6-7-15-26(25)38-31(29)33-28(32-30)21-22-9-2-1-3-10-22/h1-5,8-13,16H,6-7,14-15,17-21H2. The highest BCUT2D eigenvalue weighted by atomic mass is 32.2. The van der Waals surface area contributed by atoms with Crippen LogP contribution in [0.25, 0.3) is 21.0 Å². The molecule has 0 spiro atoms. The van der Waals surface area contributed by atoms with Gasteiger partial charge in [-0.1, -0.05) is 66.7 Å². The van der Waals surface area contributed by atoms with E-state index in [1.807, 2.05) is 65.9 Å². The van der Waals surface area contributed by atoms with Crippen LogP contribution in [0.4, 0.5) is 5.82 Å². The number of benzene rings is 3. The molecule has 5 aromatic rings. The minimum absolute atomic E-state index is 0.385. The Hall–Kier alpha value is -3.33. The van der Waals surface area contributed by atoms with Gasteiger partial charge in [-0.15, -0.1) is 11.3 Å². The number of anilines is 1. The van der Waals surface area contributed by atoms with Gasteiger partial charge in [-0.05, 0) is 48.3 Å². The van der Waals surface area contributed by atoms with Crippen molar-refractivity contribution >= 4 is 48.2 Å². The normalized spacial score (nSPS) is 16.6. The lowest BCUT2D eigenvalue weighted by Gasteiger charge is -2.35. The van der Waals surface area contributed by atoms with Crippen molar-refractivity contribution in [3.8, 4) is 0 Å². The molecule has 0 saturated carbocycles. The molecule has 1 aliphatic heterocycles. The van der Waals surface area contributed by atoms with E-state index in [2.05, 4.69) is 17.0 Å². The molecule has 1 fully saturated rings. The predicted octanol–water partition coefficient (Wildman–Crippen LogP) is 5.83. The highest BCUT2D eigenvalue weighted by Crippen LogP contribution is 2.40. The topological polar surface area (TPSA) is 66.4 Å². The first-order valence-electron chi connectivity index (χ1n) is 13.7. The van der Waals surface area contributed by atoms with E-state index in [0.717, 1.165) is 40.1 Å². The van der Waals surface area contributed by atoms with E-state index in [9.17, 15) is 8.42 Å². The molecule has 39 heavy (non-hydrogen) atoms. The number of hydrogen-bond donors (Lipinski definition) is 0. The van der Waals surface area contributed by atoms with E-state index in [0.29, 0.717) is 37.5 Å². The number of aryl methyl sites for hydroxylation is 2. The van der Waals surface area contributed by atoms with Crippen LogP contribution in [-0.2, 0) is 29.3 Å². The van der Waals surface area contributed by atoms with Gasteiger partial charge < -0.3 is 4.90 Å². The minimum atomic E-state index is -3.61. The molecule has 2 aliphatic rings. The van der Waals surface area contributed by atoms with E-state index in [1.165, 1.54) is 34.2 Å². The Balaban J connectivity index is 1.22. The zero-order valence-corrected chi connectivity index (χ0v) is 23.3. The molecule has 6 nitrogen and oxygen atoms in total. The van der Waals surface area contributed by atoms with Crippen molar-refractivity contribution < 1.29 is 8.42 Å². The van der Waals surface area contributed by atoms with Gasteiger partial charge in [0.05, 0.1) is 10.3 Å². The molecule has 1 aliphatic carbocycles. The third kappa shape index (κ3) is 4.50. The van der Waals surface area contributed by atoms with E-state index in [1.54, 1.807) is 10.4 Å². The average molecular weight is 555 g/mol. The van der Waals surface area contributed by atoms with E-state index < -0.39 is 10.0 Å². The van der Waals surface area contributed by atoms with Gasteiger partial charge in [0.2, 0.25) is 10.0 Å². The third-order valence-corrected chi connectivity index (χ3v) is 11.1. The lowest BCUT2D eigenvalue weighted by Crippen LogP contribution is -2.49. The number of nitrogens with zero attached hydrogens (tertiary/aromatic N) is 4. The van der Waals surface area contributed by atoms with Crippen molar-refractivity contribution in [1.29, 1.82) is 0 Å². The Labute approximate surface area is 233 Å². The van der Waals surface area contributed by atoms with E-state index in [4.69, 9.17) is 9.97 Å². The Kier molecular flexibility index (Phi) is 6.34. The predicted molar refractivity (Wildman–Crippen MR) is 158 cm³/mol. The monoisotopic (exact) mass is 554 g/mol. The van der Waals surface area contributed by atoms with Gasteiger partial charge in [-0.3, -0.25) is 0 Å². The molecule has 0 N–H and O–H groups in total. The Morgan fingerprint density at radius 3 is 2.38 bits per heavy atom. The Morgan fingerprint density at radius 1 is 0.795 bits per heavy atom. The molecular formula is C31H30N4O2S2. The van der Waals surface area contributed by atoms with Crippen LogP contribution in [-0.4, -0.2) is 48.9 Å². The van der Waals surface area contributed by atoms with Crippen molar-refractivity contribution in [3.63, 3.8) is 0 Å². The van der Waals surface area contributed by atoms with Crippen LogP contribution in [0.15, 0.2) is 77.7 Å². The van der Waals surface area contributed by atoms with E-state index in [-0.39, 0.29) is 0 Å². The molecule has 3 heterocycles. The zero-order chi connectivity index (χ0) is 26.4. The highest BCUT2D eigenvalue weighted by molar-refractivity contribution is 7.89. The van der Waals surface area contributed by atoms with Gasteiger partial charge >= 0.3 is 0 Å². The summed E-state index contributed by atoms with van der Waals surface area (Å²) in [7, 11) is -3.61. The molecule has 0 unspecified atom stereocenters. The molecule has 198 valence electrons. The van der Waals surface area contributed by atoms with Crippen molar-refractivity contribution in [2.75, 3.05) is 31.1 Å². The summed E-state index contributed by atoms with van der Waals surface area (Å²) in [6.07, 6.45) is 5.28. The summed E-state index contributed by atoms with van der Waals surface area (Å²) >= 11 is 1.82. The van der Waals surface area contributed by atoms with Crippen LogP contribution in [0.2, 0.25) is 0 Å². The summed E-state index contributed by atoms with van der Waals surface area (Å²) in [6.45, 7) is 2.06. The van der Waals surface area contributed by atoms with Gasteiger partial charge in [0.1, 0.15) is 16.5 Å². The lowest BCUT2D eigenvalue weighted by molar-refractivity contribution is 0.384. The molecule has 1 saturated heterocycles. The van der Waals surface area contributed by atoms with Crippen molar-refractivity contribution in [2.45, 2.75) is 37.0 Å². The highest BCUT2D eigenvalue weighted by Gasteiger charge is 2.32. The average Bonchev–Trinajstić information content (AvgIpc) is 3.35. The van der Waals surface area contributed by atoms with Crippen molar-refractivity contribution in [3.05, 3.63) is 94.6 Å². The van der Waals surface area contributed by atoms with E-state index >= 15 is 0 Å². The van der Waals surface area contributed by atoms with Gasteiger partial charge in [-0.25, -0.2) is 18.4 Å². The fraction of sp³-hybridized carbons (Fsp3) is 0.290. The van der Waals surface area contributed by atoms with Crippen molar-refractivity contribution in [1.82, 2.24) is 14.3 Å². The van der Waals surface area contributed by atoms with Gasteiger partial charge in [0, 0.05) is 42.9 Å². The summed E-state index contributed by atoms with van der Waals surface area (Å²) in [5, 5.41) is 2.90. The number of thiophene rings is 1. The fourth-order valence-electron chi connectivity index (χ4n) is 5.97. The largest absolute Gasteiger partial charge is 0.353 e.